The van der Waals surface area contributed by atoms with Crippen molar-refractivity contribution in [2.45, 2.75) is 39.2 Å². The molecule has 1 aromatic rings. The third-order valence-electron chi connectivity index (χ3n) is 2.70. The Hall–Kier alpha value is -1.35. The highest BCUT2D eigenvalue weighted by molar-refractivity contribution is 5.99. The van der Waals surface area contributed by atoms with Crippen LogP contribution < -0.4 is 10.5 Å². The Morgan fingerprint density at radius 1 is 1.35 bits per heavy atom. The van der Waals surface area contributed by atoms with Crippen LogP contribution in [0.15, 0.2) is 18.2 Å². The molecule has 1 atom stereocenters. The molecule has 3 nitrogen and oxygen atoms in total. The Morgan fingerprint density at radius 2 is 2.00 bits per heavy atom. The highest BCUT2D eigenvalue weighted by Gasteiger charge is 2.15. The van der Waals surface area contributed by atoms with E-state index in [1.165, 1.54) is 0 Å². The first-order valence-corrected chi connectivity index (χ1v) is 5.92. The van der Waals surface area contributed by atoms with Crippen LogP contribution in [0.25, 0.3) is 0 Å². The van der Waals surface area contributed by atoms with Crippen molar-refractivity contribution in [3.05, 3.63) is 29.3 Å². The summed E-state index contributed by atoms with van der Waals surface area (Å²) in [5.41, 5.74) is 7.43. The van der Waals surface area contributed by atoms with Gasteiger partial charge in [0.25, 0.3) is 0 Å². The number of carbonyl (C=O) groups excluding carboxylic acids is 1. The van der Waals surface area contributed by atoms with E-state index < -0.39 is 0 Å². The molecule has 0 saturated carbocycles. The smallest absolute Gasteiger partial charge is 0.168 e. The zero-order valence-electron chi connectivity index (χ0n) is 11.0. The number of methoxy groups -OCH3 is 1. The van der Waals surface area contributed by atoms with Crippen LogP contribution >= 0.6 is 0 Å². The zero-order chi connectivity index (χ0) is 13.0. The average Bonchev–Trinajstić information content (AvgIpc) is 2.27. The molecule has 0 aliphatic carbocycles. The van der Waals surface area contributed by atoms with E-state index in [0.29, 0.717) is 23.7 Å². The summed E-state index contributed by atoms with van der Waals surface area (Å²) in [6.45, 7) is 6.03. The first-order valence-electron chi connectivity index (χ1n) is 5.92. The number of Topliss-reactive ketones (excluding diaryl/α,β-unsaturated/α-hetero) is 1. The molecule has 0 aliphatic heterocycles. The molecule has 0 heterocycles. The SMILES string of the molecule is COc1ccc(C(C)C)cc1C(=O)CC(C)N. The Labute approximate surface area is 103 Å². The summed E-state index contributed by atoms with van der Waals surface area (Å²) in [7, 11) is 1.58. The molecule has 3 heteroatoms. The molecular weight excluding hydrogens is 214 g/mol. The molecule has 1 unspecified atom stereocenters. The lowest BCUT2D eigenvalue weighted by Gasteiger charge is -2.12. The largest absolute Gasteiger partial charge is 0.496 e. The molecule has 94 valence electrons. The van der Waals surface area contributed by atoms with Gasteiger partial charge in [-0.2, -0.15) is 0 Å². The number of ketones is 1. The topological polar surface area (TPSA) is 52.3 Å². The molecule has 17 heavy (non-hydrogen) atoms. The number of carbonyl (C=O) groups is 1. The van der Waals surface area contributed by atoms with E-state index in [1.807, 2.05) is 25.1 Å². The molecule has 0 saturated heterocycles. The summed E-state index contributed by atoms with van der Waals surface area (Å²) in [6.07, 6.45) is 0.345. The predicted molar refractivity (Wildman–Crippen MR) is 69.7 cm³/mol. The Balaban J connectivity index is 3.09. The van der Waals surface area contributed by atoms with E-state index in [1.54, 1.807) is 7.11 Å². The van der Waals surface area contributed by atoms with Crippen molar-refractivity contribution in [2.75, 3.05) is 7.11 Å². The number of hydrogen-bond acceptors (Lipinski definition) is 3. The van der Waals surface area contributed by atoms with E-state index in [9.17, 15) is 4.79 Å². The minimum Gasteiger partial charge on any atom is -0.496 e. The number of nitrogens with two attached hydrogens (primary N) is 1. The quantitative estimate of drug-likeness (QED) is 0.798. The summed E-state index contributed by atoms with van der Waals surface area (Å²) >= 11 is 0. The molecular formula is C14H21NO2. The van der Waals surface area contributed by atoms with Crippen LogP contribution in [0.2, 0.25) is 0 Å². The van der Waals surface area contributed by atoms with Gasteiger partial charge in [0.05, 0.1) is 12.7 Å². The van der Waals surface area contributed by atoms with Crippen molar-refractivity contribution in [1.82, 2.24) is 0 Å². The number of ether oxygens (including phenoxy) is 1. The molecule has 0 fully saturated rings. The van der Waals surface area contributed by atoms with Crippen LogP contribution in [-0.2, 0) is 0 Å². The molecule has 2 N–H and O–H groups in total. The van der Waals surface area contributed by atoms with Crippen LogP contribution in [0.5, 0.6) is 5.75 Å². The van der Waals surface area contributed by atoms with Gasteiger partial charge in [0.15, 0.2) is 5.78 Å². The molecule has 0 radical (unpaired) electrons. The van der Waals surface area contributed by atoms with Gasteiger partial charge in [-0.25, -0.2) is 0 Å². The highest BCUT2D eigenvalue weighted by atomic mass is 16.5. The average molecular weight is 235 g/mol. The van der Waals surface area contributed by atoms with E-state index in [-0.39, 0.29) is 11.8 Å². The van der Waals surface area contributed by atoms with E-state index >= 15 is 0 Å². The van der Waals surface area contributed by atoms with E-state index in [0.717, 1.165) is 5.56 Å². The van der Waals surface area contributed by atoms with E-state index in [4.69, 9.17) is 10.5 Å². The first kappa shape index (κ1) is 13.7. The minimum absolute atomic E-state index is 0.0411. The fourth-order valence-electron chi connectivity index (χ4n) is 1.71. The number of benzene rings is 1. The van der Waals surface area contributed by atoms with Crippen LogP contribution in [-0.4, -0.2) is 18.9 Å². The molecule has 0 amide bonds. The van der Waals surface area contributed by atoms with Crippen molar-refractivity contribution >= 4 is 5.78 Å². The van der Waals surface area contributed by atoms with Gasteiger partial charge < -0.3 is 10.5 Å². The number of rotatable bonds is 5. The monoisotopic (exact) mass is 235 g/mol. The highest BCUT2D eigenvalue weighted by Crippen LogP contribution is 2.25. The maximum absolute atomic E-state index is 12.0. The van der Waals surface area contributed by atoms with Gasteiger partial charge in [-0.15, -0.1) is 0 Å². The van der Waals surface area contributed by atoms with Gasteiger partial charge in [-0.1, -0.05) is 19.9 Å². The Kier molecular flexibility index (Phi) is 4.70. The standard InChI is InChI=1S/C14H21NO2/c1-9(2)11-5-6-14(17-4)12(8-11)13(16)7-10(3)15/h5-6,8-10H,7,15H2,1-4H3. The van der Waals surface area contributed by atoms with Gasteiger partial charge in [0, 0.05) is 12.5 Å². The fraction of sp³-hybridized carbons (Fsp3) is 0.500. The van der Waals surface area contributed by atoms with Crippen LogP contribution in [0, 0.1) is 0 Å². The van der Waals surface area contributed by atoms with E-state index in [2.05, 4.69) is 13.8 Å². The third kappa shape index (κ3) is 3.56. The summed E-state index contributed by atoms with van der Waals surface area (Å²) in [5.74, 6) is 1.06. The van der Waals surface area contributed by atoms with Gasteiger partial charge in [-0.05, 0) is 30.5 Å². The summed E-state index contributed by atoms with van der Waals surface area (Å²) in [6, 6.07) is 5.62. The van der Waals surface area contributed by atoms with Gasteiger partial charge >= 0.3 is 0 Å². The molecule has 0 spiro atoms. The lowest BCUT2D eigenvalue weighted by molar-refractivity contribution is 0.0973. The lowest BCUT2D eigenvalue weighted by Crippen LogP contribution is -2.20. The number of hydrogen-bond donors (Lipinski definition) is 1. The predicted octanol–water partition coefficient (Wildman–Crippen LogP) is 2.74. The van der Waals surface area contributed by atoms with Crippen molar-refractivity contribution in [2.24, 2.45) is 5.73 Å². The zero-order valence-corrected chi connectivity index (χ0v) is 11.0. The maximum atomic E-state index is 12.0. The van der Waals surface area contributed by atoms with Crippen LogP contribution in [0.4, 0.5) is 0 Å². The molecule has 0 aliphatic rings. The van der Waals surface area contributed by atoms with Crippen LogP contribution in [0.3, 0.4) is 0 Å². The Morgan fingerprint density at radius 3 is 2.47 bits per heavy atom. The summed E-state index contributed by atoms with van der Waals surface area (Å²) in [4.78, 5) is 12.0. The van der Waals surface area contributed by atoms with Gasteiger partial charge in [-0.3, -0.25) is 4.79 Å². The van der Waals surface area contributed by atoms with Gasteiger partial charge in [0.1, 0.15) is 5.75 Å². The first-order chi connectivity index (χ1) is 7.95. The van der Waals surface area contributed by atoms with Crippen molar-refractivity contribution < 1.29 is 9.53 Å². The van der Waals surface area contributed by atoms with Gasteiger partial charge in [0.2, 0.25) is 0 Å². The second-order valence-corrected chi connectivity index (χ2v) is 4.72. The summed E-state index contributed by atoms with van der Waals surface area (Å²) < 4.78 is 5.22. The van der Waals surface area contributed by atoms with Crippen LogP contribution in [0.1, 0.15) is 49.0 Å². The van der Waals surface area contributed by atoms with Crippen molar-refractivity contribution in [3.8, 4) is 5.75 Å². The maximum Gasteiger partial charge on any atom is 0.168 e. The molecule has 0 bridgehead atoms. The Bertz CT molecular complexity index is 397. The third-order valence-corrected chi connectivity index (χ3v) is 2.70. The second-order valence-electron chi connectivity index (χ2n) is 4.72. The molecule has 0 aromatic heterocycles. The fourth-order valence-corrected chi connectivity index (χ4v) is 1.71. The summed E-state index contributed by atoms with van der Waals surface area (Å²) in [5, 5.41) is 0. The lowest BCUT2D eigenvalue weighted by atomic mass is 9.96. The molecule has 1 aromatic carbocycles. The molecule has 1 rings (SSSR count). The van der Waals surface area contributed by atoms with Crippen molar-refractivity contribution in [3.63, 3.8) is 0 Å². The van der Waals surface area contributed by atoms with Crippen molar-refractivity contribution in [1.29, 1.82) is 0 Å². The normalized spacial score (nSPS) is 12.6. The minimum atomic E-state index is -0.130. The second kappa shape index (κ2) is 5.82.